The summed E-state index contributed by atoms with van der Waals surface area (Å²) in [5, 5.41) is 0. The SMILES string of the molecule is Fc1cc(F)cc(CN2C[C@@H]3[C@@H](COCCCN4CCCCC4)[C@@H]3C2)c1. The Morgan fingerprint density at radius 2 is 1.62 bits per heavy atom. The van der Waals surface area contributed by atoms with E-state index >= 15 is 0 Å². The second kappa shape index (κ2) is 8.32. The molecule has 3 aliphatic rings. The minimum Gasteiger partial charge on any atom is -0.381 e. The van der Waals surface area contributed by atoms with E-state index in [1.165, 1.54) is 51.0 Å². The summed E-state index contributed by atoms with van der Waals surface area (Å²) in [5.41, 5.74) is 0.731. The molecule has 1 aromatic rings. The number of hydrogen-bond acceptors (Lipinski definition) is 3. The third-order valence-corrected chi connectivity index (χ3v) is 6.30. The van der Waals surface area contributed by atoms with E-state index in [4.69, 9.17) is 4.74 Å². The Bertz CT molecular complexity index is 573. The van der Waals surface area contributed by atoms with Crippen molar-refractivity contribution in [1.82, 2.24) is 9.80 Å². The van der Waals surface area contributed by atoms with Crippen LogP contribution in [-0.2, 0) is 11.3 Å². The summed E-state index contributed by atoms with van der Waals surface area (Å²) in [6, 6.07) is 3.81. The number of benzene rings is 1. The van der Waals surface area contributed by atoms with Crippen LogP contribution in [0.2, 0.25) is 0 Å². The Labute approximate surface area is 155 Å². The van der Waals surface area contributed by atoms with Crippen molar-refractivity contribution in [3.8, 4) is 0 Å². The van der Waals surface area contributed by atoms with Gasteiger partial charge in [0.05, 0.1) is 6.61 Å². The van der Waals surface area contributed by atoms with Crippen LogP contribution in [0, 0.1) is 29.4 Å². The Morgan fingerprint density at radius 1 is 0.923 bits per heavy atom. The number of fused-ring (bicyclic) bond motifs is 1. The van der Waals surface area contributed by atoms with Crippen molar-refractivity contribution in [2.24, 2.45) is 17.8 Å². The summed E-state index contributed by atoms with van der Waals surface area (Å²) in [7, 11) is 0. The van der Waals surface area contributed by atoms with E-state index in [9.17, 15) is 8.78 Å². The monoisotopic (exact) mass is 364 g/mol. The van der Waals surface area contributed by atoms with Crippen LogP contribution >= 0.6 is 0 Å². The van der Waals surface area contributed by atoms with Gasteiger partial charge in [0.2, 0.25) is 0 Å². The fraction of sp³-hybridized carbons (Fsp3) is 0.714. The minimum absolute atomic E-state index is 0.486. The number of halogens is 2. The molecule has 2 heterocycles. The maximum Gasteiger partial charge on any atom is 0.126 e. The highest BCUT2D eigenvalue weighted by Crippen LogP contribution is 2.52. The molecule has 3 fully saturated rings. The van der Waals surface area contributed by atoms with E-state index in [0.717, 1.165) is 56.2 Å². The fourth-order valence-corrected chi connectivity index (χ4v) is 4.87. The summed E-state index contributed by atoms with van der Waals surface area (Å²) in [5.74, 6) is 1.16. The normalized spacial score (nSPS) is 29.1. The lowest BCUT2D eigenvalue weighted by molar-refractivity contribution is 0.0967. The molecule has 0 radical (unpaired) electrons. The Kier molecular flexibility index (Phi) is 5.87. The van der Waals surface area contributed by atoms with Crippen molar-refractivity contribution in [1.29, 1.82) is 0 Å². The fourth-order valence-electron chi connectivity index (χ4n) is 4.87. The first-order chi connectivity index (χ1) is 12.7. The topological polar surface area (TPSA) is 15.7 Å². The Balaban J connectivity index is 1.10. The van der Waals surface area contributed by atoms with Gasteiger partial charge in [0, 0.05) is 38.9 Å². The van der Waals surface area contributed by atoms with Crippen LogP contribution in [0.25, 0.3) is 0 Å². The van der Waals surface area contributed by atoms with Crippen molar-refractivity contribution in [2.45, 2.75) is 32.2 Å². The minimum atomic E-state index is -0.486. The average molecular weight is 364 g/mol. The van der Waals surface area contributed by atoms with E-state index in [1.807, 2.05) is 0 Å². The van der Waals surface area contributed by atoms with Crippen LogP contribution in [0.3, 0.4) is 0 Å². The van der Waals surface area contributed by atoms with Crippen molar-refractivity contribution in [2.75, 3.05) is 45.9 Å². The third kappa shape index (κ3) is 4.62. The van der Waals surface area contributed by atoms with Crippen molar-refractivity contribution >= 4 is 0 Å². The van der Waals surface area contributed by atoms with Gasteiger partial charge in [-0.1, -0.05) is 6.42 Å². The summed E-state index contributed by atoms with van der Waals surface area (Å²) in [6.07, 6.45) is 5.23. The molecule has 144 valence electrons. The highest BCUT2D eigenvalue weighted by atomic mass is 19.1. The van der Waals surface area contributed by atoms with Gasteiger partial charge >= 0.3 is 0 Å². The summed E-state index contributed by atoms with van der Waals surface area (Å²) in [4.78, 5) is 4.88. The van der Waals surface area contributed by atoms with Gasteiger partial charge in [-0.15, -0.1) is 0 Å². The predicted octanol–water partition coefficient (Wildman–Crippen LogP) is 3.54. The largest absolute Gasteiger partial charge is 0.381 e. The Hall–Kier alpha value is -1.04. The van der Waals surface area contributed by atoms with E-state index in [0.29, 0.717) is 12.5 Å². The van der Waals surface area contributed by atoms with Gasteiger partial charge in [-0.3, -0.25) is 4.90 Å². The molecule has 0 N–H and O–H groups in total. The molecule has 1 saturated carbocycles. The zero-order valence-electron chi connectivity index (χ0n) is 15.5. The molecule has 0 aromatic heterocycles. The maximum absolute atomic E-state index is 13.3. The molecule has 0 unspecified atom stereocenters. The Morgan fingerprint density at radius 3 is 2.31 bits per heavy atom. The molecule has 0 bridgehead atoms. The van der Waals surface area contributed by atoms with Crippen LogP contribution < -0.4 is 0 Å². The van der Waals surface area contributed by atoms with E-state index < -0.39 is 11.6 Å². The first-order valence-corrected chi connectivity index (χ1v) is 10.2. The molecule has 1 aliphatic carbocycles. The zero-order chi connectivity index (χ0) is 17.9. The second-order valence-electron chi connectivity index (χ2n) is 8.29. The highest BCUT2D eigenvalue weighted by molar-refractivity contribution is 5.18. The van der Waals surface area contributed by atoms with E-state index in [2.05, 4.69) is 9.80 Å². The molecule has 3 nitrogen and oxygen atoms in total. The molecule has 4 rings (SSSR count). The van der Waals surface area contributed by atoms with E-state index in [1.54, 1.807) is 0 Å². The standard InChI is InChI=1S/C21H30F2N2O/c22-17-9-16(10-18(23)11-17)12-25-13-19-20(14-25)21(19)15-26-8-4-7-24-5-2-1-3-6-24/h9-11,19-21H,1-8,12-15H2/t19-,20+,21+. The highest BCUT2D eigenvalue weighted by Gasteiger charge is 2.55. The molecule has 2 saturated heterocycles. The summed E-state index contributed by atoms with van der Waals surface area (Å²) < 4.78 is 32.5. The van der Waals surface area contributed by atoms with Gasteiger partial charge < -0.3 is 9.64 Å². The zero-order valence-corrected chi connectivity index (χ0v) is 15.5. The third-order valence-electron chi connectivity index (χ3n) is 6.30. The van der Waals surface area contributed by atoms with Crippen molar-refractivity contribution in [3.63, 3.8) is 0 Å². The van der Waals surface area contributed by atoms with Crippen LogP contribution in [0.5, 0.6) is 0 Å². The lowest BCUT2D eigenvalue weighted by atomic mass is 10.1. The molecule has 0 spiro atoms. The van der Waals surface area contributed by atoms with E-state index in [-0.39, 0.29) is 0 Å². The summed E-state index contributed by atoms with van der Waals surface area (Å²) >= 11 is 0. The molecular formula is C21H30F2N2O. The molecule has 26 heavy (non-hydrogen) atoms. The van der Waals surface area contributed by atoms with Crippen LogP contribution in [-0.4, -0.2) is 55.7 Å². The van der Waals surface area contributed by atoms with Crippen molar-refractivity contribution < 1.29 is 13.5 Å². The van der Waals surface area contributed by atoms with Gasteiger partial charge in [-0.25, -0.2) is 8.78 Å². The number of nitrogens with zero attached hydrogens (tertiary/aromatic N) is 2. The first-order valence-electron chi connectivity index (χ1n) is 10.2. The molecule has 3 atom stereocenters. The van der Waals surface area contributed by atoms with Crippen LogP contribution in [0.1, 0.15) is 31.2 Å². The van der Waals surface area contributed by atoms with Gasteiger partial charge in [-0.2, -0.15) is 0 Å². The number of likely N-dealkylation sites (tertiary alicyclic amines) is 2. The number of ether oxygens (including phenoxy) is 1. The second-order valence-corrected chi connectivity index (χ2v) is 8.29. The molecule has 1 aromatic carbocycles. The smallest absolute Gasteiger partial charge is 0.126 e. The van der Waals surface area contributed by atoms with Crippen LogP contribution in [0.4, 0.5) is 8.78 Å². The molecule has 0 amide bonds. The average Bonchev–Trinajstić information content (AvgIpc) is 3.06. The lowest BCUT2D eigenvalue weighted by Gasteiger charge is -2.26. The maximum atomic E-state index is 13.3. The number of hydrogen-bond donors (Lipinski definition) is 0. The van der Waals surface area contributed by atoms with Crippen molar-refractivity contribution in [3.05, 3.63) is 35.4 Å². The van der Waals surface area contributed by atoms with Gasteiger partial charge in [-0.05, 0) is 67.8 Å². The molecular weight excluding hydrogens is 334 g/mol. The predicted molar refractivity (Wildman–Crippen MR) is 97.8 cm³/mol. The quantitative estimate of drug-likeness (QED) is 0.656. The first kappa shape index (κ1) is 18.3. The van der Waals surface area contributed by atoms with Gasteiger partial charge in [0.1, 0.15) is 11.6 Å². The number of rotatable bonds is 8. The van der Waals surface area contributed by atoms with Gasteiger partial charge in [0.25, 0.3) is 0 Å². The molecule has 2 aliphatic heterocycles. The lowest BCUT2D eigenvalue weighted by Crippen LogP contribution is -2.31. The summed E-state index contributed by atoms with van der Waals surface area (Å²) in [6.45, 7) is 8.17. The van der Waals surface area contributed by atoms with Crippen LogP contribution in [0.15, 0.2) is 18.2 Å². The van der Waals surface area contributed by atoms with Gasteiger partial charge in [0.15, 0.2) is 0 Å². The molecule has 5 heteroatoms. The number of piperidine rings is 2.